The number of carbonyl (C=O) groups is 1. The molecule has 0 atom stereocenters. The van der Waals surface area contributed by atoms with Crippen molar-refractivity contribution >= 4 is 33.2 Å². The molecule has 3 N–H and O–H groups in total. The van der Waals surface area contributed by atoms with Gasteiger partial charge in [0.15, 0.2) is 0 Å². The van der Waals surface area contributed by atoms with Crippen molar-refractivity contribution in [1.29, 1.82) is 0 Å². The summed E-state index contributed by atoms with van der Waals surface area (Å²) in [7, 11) is 1.50. The molecule has 0 radical (unpaired) electrons. The summed E-state index contributed by atoms with van der Waals surface area (Å²) in [5.41, 5.74) is 8.01. The smallest absolute Gasteiger partial charge is 0.259 e. The minimum absolute atomic E-state index is 0.269. The lowest BCUT2D eigenvalue weighted by Gasteiger charge is -2.11. The Morgan fingerprint density at radius 3 is 2.75 bits per heavy atom. The monoisotopic (exact) mass is 335 g/mol. The third-order valence-electron chi connectivity index (χ3n) is 2.77. The molecule has 2 rings (SSSR count). The van der Waals surface area contributed by atoms with Crippen molar-refractivity contribution in [2.75, 3.05) is 18.2 Å². The summed E-state index contributed by atoms with van der Waals surface area (Å²) in [5.74, 6) is 0.166. The third kappa shape index (κ3) is 3.08. The van der Waals surface area contributed by atoms with Gasteiger partial charge in [-0.1, -0.05) is 0 Å². The van der Waals surface area contributed by atoms with Crippen molar-refractivity contribution in [3.63, 3.8) is 0 Å². The average molecular weight is 336 g/mol. The van der Waals surface area contributed by atoms with Gasteiger partial charge in [-0.05, 0) is 47.1 Å². The number of amides is 1. The maximum absolute atomic E-state index is 12.3. The van der Waals surface area contributed by atoms with Crippen molar-refractivity contribution < 1.29 is 9.53 Å². The number of hydrogen-bond donors (Lipinski definition) is 2. The first-order valence-electron chi connectivity index (χ1n) is 5.89. The van der Waals surface area contributed by atoms with Crippen LogP contribution in [0.15, 0.2) is 34.9 Å². The Labute approximate surface area is 125 Å². The number of carbonyl (C=O) groups excluding carboxylic acids is 1. The molecule has 0 bridgehead atoms. The van der Waals surface area contributed by atoms with Crippen LogP contribution in [0.1, 0.15) is 16.1 Å². The van der Waals surface area contributed by atoms with Gasteiger partial charge in [0.2, 0.25) is 0 Å². The van der Waals surface area contributed by atoms with Crippen LogP contribution in [0.3, 0.4) is 0 Å². The fraction of sp³-hybridized carbons (Fsp3) is 0.143. The Morgan fingerprint density at radius 1 is 1.35 bits per heavy atom. The second kappa shape index (κ2) is 5.92. The lowest BCUT2D eigenvalue weighted by atomic mass is 10.1. The number of methoxy groups -OCH3 is 1. The first kappa shape index (κ1) is 14.3. The molecule has 1 aromatic heterocycles. The number of nitrogens with one attached hydrogen (secondary N) is 1. The molecule has 1 amide bonds. The Balaban J connectivity index is 2.28. The number of ether oxygens (including phenoxy) is 1. The van der Waals surface area contributed by atoms with E-state index in [4.69, 9.17) is 10.5 Å². The molecular formula is C14H14BrN3O2. The van der Waals surface area contributed by atoms with Crippen LogP contribution in [0.5, 0.6) is 5.75 Å². The molecule has 2 aromatic rings. The van der Waals surface area contributed by atoms with E-state index in [0.29, 0.717) is 22.7 Å². The quantitative estimate of drug-likeness (QED) is 0.667. The van der Waals surface area contributed by atoms with Gasteiger partial charge >= 0.3 is 0 Å². The van der Waals surface area contributed by atoms with Crippen molar-refractivity contribution in [1.82, 2.24) is 4.98 Å². The van der Waals surface area contributed by atoms with Crippen LogP contribution in [0.2, 0.25) is 0 Å². The number of halogens is 1. The van der Waals surface area contributed by atoms with E-state index in [0.717, 1.165) is 10.3 Å². The van der Waals surface area contributed by atoms with Crippen LogP contribution < -0.4 is 15.8 Å². The van der Waals surface area contributed by atoms with Crippen molar-refractivity contribution in [3.05, 3.63) is 46.2 Å². The first-order chi connectivity index (χ1) is 9.51. The van der Waals surface area contributed by atoms with Crippen molar-refractivity contribution in [3.8, 4) is 5.75 Å². The van der Waals surface area contributed by atoms with Crippen molar-refractivity contribution in [2.45, 2.75) is 6.92 Å². The predicted molar refractivity (Wildman–Crippen MR) is 82.0 cm³/mol. The number of aromatic nitrogens is 1. The molecule has 0 aliphatic rings. The minimum Gasteiger partial charge on any atom is -0.496 e. The van der Waals surface area contributed by atoms with Gasteiger partial charge < -0.3 is 15.8 Å². The molecule has 104 valence electrons. The second-order valence-corrected chi connectivity index (χ2v) is 4.99. The summed E-state index contributed by atoms with van der Waals surface area (Å²) >= 11 is 3.28. The van der Waals surface area contributed by atoms with Crippen LogP contribution in [0, 0.1) is 6.92 Å². The highest BCUT2D eigenvalue weighted by molar-refractivity contribution is 9.10. The Bertz CT molecular complexity index is 659. The molecule has 20 heavy (non-hydrogen) atoms. The molecule has 0 aliphatic heterocycles. The van der Waals surface area contributed by atoms with Crippen LogP contribution in [-0.4, -0.2) is 18.0 Å². The molecule has 1 aromatic carbocycles. The largest absolute Gasteiger partial charge is 0.496 e. The summed E-state index contributed by atoms with van der Waals surface area (Å²) in [6, 6.07) is 8.45. The van der Waals surface area contributed by atoms with Crippen LogP contribution in [0.4, 0.5) is 11.4 Å². The predicted octanol–water partition coefficient (Wildman–Crippen LogP) is 3.00. The zero-order valence-electron chi connectivity index (χ0n) is 11.1. The normalized spacial score (nSPS) is 10.2. The molecular weight excluding hydrogens is 322 g/mol. The lowest BCUT2D eigenvalue weighted by molar-refractivity contribution is 0.102. The third-order valence-corrected chi connectivity index (χ3v) is 3.21. The maximum atomic E-state index is 12.3. The van der Waals surface area contributed by atoms with E-state index in [1.807, 2.05) is 6.92 Å². The molecule has 1 heterocycles. The van der Waals surface area contributed by atoms with Gasteiger partial charge in [-0.15, -0.1) is 0 Å². The summed E-state index contributed by atoms with van der Waals surface area (Å²) in [5, 5.41) is 2.80. The number of hydrogen-bond acceptors (Lipinski definition) is 4. The van der Waals surface area contributed by atoms with Gasteiger partial charge in [0.1, 0.15) is 10.4 Å². The van der Waals surface area contributed by atoms with Crippen LogP contribution in [-0.2, 0) is 0 Å². The summed E-state index contributed by atoms with van der Waals surface area (Å²) in [4.78, 5) is 16.5. The number of pyridine rings is 1. The van der Waals surface area contributed by atoms with E-state index in [1.165, 1.54) is 7.11 Å². The van der Waals surface area contributed by atoms with E-state index < -0.39 is 0 Å². The van der Waals surface area contributed by atoms with E-state index in [9.17, 15) is 4.79 Å². The fourth-order valence-corrected chi connectivity index (χ4v) is 2.15. The number of nitrogens with zero attached hydrogens (tertiary/aromatic N) is 1. The zero-order valence-corrected chi connectivity index (χ0v) is 12.7. The van der Waals surface area contributed by atoms with Gasteiger partial charge in [0.25, 0.3) is 5.91 Å². The molecule has 0 fully saturated rings. The average Bonchev–Trinajstić information content (AvgIpc) is 2.41. The Kier molecular flexibility index (Phi) is 4.24. The zero-order chi connectivity index (χ0) is 14.7. The highest BCUT2D eigenvalue weighted by atomic mass is 79.9. The van der Waals surface area contributed by atoms with Crippen LogP contribution >= 0.6 is 15.9 Å². The summed E-state index contributed by atoms with van der Waals surface area (Å²) < 4.78 is 5.89. The second-order valence-electron chi connectivity index (χ2n) is 4.18. The van der Waals surface area contributed by atoms with Gasteiger partial charge in [-0.2, -0.15) is 0 Å². The van der Waals surface area contributed by atoms with E-state index >= 15 is 0 Å². The Hall–Kier alpha value is -2.08. The number of rotatable bonds is 3. The van der Waals surface area contributed by atoms with E-state index in [1.54, 1.807) is 30.3 Å². The van der Waals surface area contributed by atoms with Gasteiger partial charge in [-0.3, -0.25) is 4.79 Å². The molecule has 5 nitrogen and oxygen atoms in total. The molecule has 6 heteroatoms. The molecule has 0 saturated carbocycles. The highest BCUT2D eigenvalue weighted by Crippen LogP contribution is 2.23. The fourth-order valence-electron chi connectivity index (χ4n) is 1.75. The molecule has 0 saturated heterocycles. The molecule has 0 spiro atoms. The van der Waals surface area contributed by atoms with E-state index in [2.05, 4.69) is 26.2 Å². The highest BCUT2D eigenvalue weighted by Gasteiger charge is 2.14. The topological polar surface area (TPSA) is 77.2 Å². The lowest BCUT2D eigenvalue weighted by Crippen LogP contribution is -2.14. The molecule has 0 aliphatic carbocycles. The number of anilines is 2. The van der Waals surface area contributed by atoms with Gasteiger partial charge in [0, 0.05) is 11.8 Å². The first-order valence-corrected chi connectivity index (χ1v) is 6.68. The summed E-state index contributed by atoms with van der Waals surface area (Å²) in [6.45, 7) is 1.82. The number of nitrogen functional groups attached to an aromatic ring is 1. The van der Waals surface area contributed by atoms with Crippen LogP contribution in [0.25, 0.3) is 0 Å². The van der Waals surface area contributed by atoms with Gasteiger partial charge in [0.05, 0.1) is 24.1 Å². The standard InChI is InChI=1S/C14H14BrN3O2/c1-8-11(5-6-13(15)17-8)18-14(19)10-4-3-9(16)7-12(10)20-2/h3-7H,16H2,1-2H3,(H,18,19). The minimum atomic E-state index is -0.269. The molecule has 0 unspecified atom stereocenters. The summed E-state index contributed by atoms with van der Waals surface area (Å²) in [6.07, 6.45) is 0. The number of nitrogens with two attached hydrogens (primary N) is 1. The van der Waals surface area contributed by atoms with Crippen molar-refractivity contribution in [2.24, 2.45) is 0 Å². The number of aryl methyl sites for hydroxylation is 1. The number of benzene rings is 1. The maximum Gasteiger partial charge on any atom is 0.259 e. The van der Waals surface area contributed by atoms with Gasteiger partial charge in [-0.25, -0.2) is 4.98 Å². The van der Waals surface area contributed by atoms with E-state index in [-0.39, 0.29) is 5.91 Å². The Morgan fingerprint density at radius 2 is 2.10 bits per heavy atom. The SMILES string of the molecule is COc1cc(N)ccc1C(=O)Nc1ccc(Br)nc1C.